The van der Waals surface area contributed by atoms with Crippen LogP contribution in [0.3, 0.4) is 0 Å². The molecule has 0 unspecified atom stereocenters. The van der Waals surface area contributed by atoms with Crippen LogP contribution in [0.15, 0.2) is 42.0 Å². The molecule has 0 saturated carbocycles. The first-order valence-corrected chi connectivity index (χ1v) is 8.97. The van der Waals surface area contributed by atoms with E-state index in [0.29, 0.717) is 18.7 Å². The molecule has 1 aromatic carbocycles. The van der Waals surface area contributed by atoms with E-state index >= 15 is 0 Å². The van der Waals surface area contributed by atoms with Gasteiger partial charge in [0, 0.05) is 36.2 Å². The van der Waals surface area contributed by atoms with Gasteiger partial charge in [0.25, 0.3) is 0 Å². The average Bonchev–Trinajstić information content (AvgIpc) is 3.20. The highest BCUT2D eigenvalue weighted by Gasteiger charge is 2.10. The van der Waals surface area contributed by atoms with Crippen molar-refractivity contribution in [2.75, 3.05) is 6.61 Å². The Kier molecular flexibility index (Phi) is 5.45. The van der Waals surface area contributed by atoms with Gasteiger partial charge in [-0.3, -0.25) is 14.0 Å². The highest BCUT2D eigenvalue weighted by molar-refractivity contribution is 7.15. The number of nitrogens with one attached hydrogen (secondary N) is 1. The first-order valence-electron chi connectivity index (χ1n) is 8.09. The number of rotatable bonds is 8. The summed E-state index contributed by atoms with van der Waals surface area (Å²) < 4.78 is 7.26. The number of hydrogen-bond acceptors (Lipinski definition) is 5. The number of hydrogen-bond donors (Lipinski definition) is 1. The van der Waals surface area contributed by atoms with Crippen LogP contribution < -0.4 is 10.1 Å². The Morgan fingerprint density at radius 3 is 2.76 bits per heavy atom. The number of Topliss-reactive ketones (excluding diaryl/α,β-unsaturated/α-hetero) is 1. The highest BCUT2D eigenvalue weighted by atomic mass is 32.1. The van der Waals surface area contributed by atoms with Gasteiger partial charge in [0.2, 0.25) is 5.91 Å². The molecule has 25 heavy (non-hydrogen) atoms. The van der Waals surface area contributed by atoms with E-state index in [1.807, 2.05) is 29.1 Å². The summed E-state index contributed by atoms with van der Waals surface area (Å²) in [5.41, 5.74) is 1.39. The largest absolute Gasteiger partial charge is 0.494 e. The summed E-state index contributed by atoms with van der Waals surface area (Å²) in [5, 5.41) is 4.76. The van der Waals surface area contributed by atoms with Gasteiger partial charge in [-0.05, 0) is 31.2 Å². The minimum Gasteiger partial charge on any atom is -0.494 e. The molecule has 0 aliphatic rings. The molecule has 0 radical (unpaired) electrons. The fraction of sp³-hybridized carbons (Fsp3) is 0.278. The van der Waals surface area contributed by atoms with Crippen LogP contribution in [0.4, 0.5) is 0 Å². The van der Waals surface area contributed by atoms with Gasteiger partial charge < -0.3 is 10.1 Å². The third-order valence-electron chi connectivity index (χ3n) is 3.68. The summed E-state index contributed by atoms with van der Waals surface area (Å²) in [4.78, 5) is 29.4. The van der Waals surface area contributed by atoms with E-state index in [1.165, 1.54) is 0 Å². The van der Waals surface area contributed by atoms with Crippen molar-refractivity contribution < 1.29 is 14.3 Å². The van der Waals surface area contributed by atoms with Gasteiger partial charge in [-0.15, -0.1) is 11.3 Å². The van der Waals surface area contributed by atoms with E-state index in [0.717, 1.165) is 16.4 Å². The van der Waals surface area contributed by atoms with Crippen molar-refractivity contribution in [2.24, 2.45) is 0 Å². The first kappa shape index (κ1) is 17.2. The quantitative estimate of drug-likeness (QED) is 0.629. The normalized spacial score (nSPS) is 10.8. The predicted octanol–water partition coefficient (Wildman–Crippen LogP) is 3.07. The Bertz CT molecular complexity index is 839. The zero-order valence-electron chi connectivity index (χ0n) is 13.9. The molecule has 0 fully saturated rings. The topological polar surface area (TPSA) is 72.7 Å². The molecule has 3 aromatic rings. The lowest BCUT2D eigenvalue weighted by Crippen LogP contribution is -2.23. The van der Waals surface area contributed by atoms with Crippen LogP contribution in [0.25, 0.3) is 4.96 Å². The molecule has 2 heterocycles. The Hall–Kier alpha value is -2.67. The summed E-state index contributed by atoms with van der Waals surface area (Å²) in [7, 11) is 0. The summed E-state index contributed by atoms with van der Waals surface area (Å²) in [5.74, 6) is 0.521. The maximum atomic E-state index is 12.1. The van der Waals surface area contributed by atoms with Crippen molar-refractivity contribution in [3.63, 3.8) is 0 Å². The fourth-order valence-electron chi connectivity index (χ4n) is 2.41. The number of ketones is 1. The second kappa shape index (κ2) is 7.94. The molecule has 0 aliphatic heterocycles. The van der Waals surface area contributed by atoms with Gasteiger partial charge in [-0.25, -0.2) is 4.98 Å². The van der Waals surface area contributed by atoms with Crippen molar-refractivity contribution in [2.45, 2.75) is 26.3 Å². The minimum absolute atomic E-state index is 0.0549. The minimum atomic E-state index is -0.157. The van der Waals surface area contributed by atoms with E-state index in [-0.39, 0.29) is 24.5 Å². The van der Waals surface area contributed by atoms with E-state index in [2.05, 4.69) is 10.3 Å². The third kappa shape index (κ3) is 4.45. The number of carbonyl (C=O) groups excluding carboxylic acids is 2. The van der Waals surface area contributed by atoms with Crippen LogP contribution in [0.1, 0.15) is 35.8 Å². The van der Waals surface area contributed by atoms with Crippen LogP contribution in [0, 0.1) is 0 Å². The van der Waals surface area contributed by atoms with Gasteiger partial charge >= 0.3 is 0 Å². The van der Waals surface area contributed by atoms with Crippen molar-refractivity contribution in [1.82, 2.24) is 14.7 Å². The smallest absolute Gasteiger partial charge is 0.220 e. The molecule has 0 saturated heterocycles. The van der Waals surface area contributed by atoms with E-state index < -0.39 is 0 Å². The van der Waals surface area contributed by atoms with Crippen molar-refractivity contribution in [3.05, 3.63) is 53.3 Å². The van der Waals surface area contributed by atoms with Gasteiger partial charge in [0.05, 0.1) is 18.8 Å². The number of amides is 1. The van der Waals surface area contributed by atoms with Gasteiger partial charge in [0.15, 0.2) is 10.7 Å². The van der Waals surface area contributed by atoms with Gasteiger partial charge in [-0.1, -0.05) is 0 Å². The number of imidazole rings is 1. The van der Waals surface area contributed by atoms with Crippen LogP contribution in [0.2, 0.25) is 0 Å². The molecule has 0 atom stereocenters. The molecule has 2 aromatic heterocycles. The van der Waals surface area contributed by atoms with Gasteiger partial charge in [0.1, 0.15) is 5.75 Å². The van der Waals surface area contributed by atoms with Gasteiger partial charge in [-0.2, -0.15) is 0 Å². The van der Waals surface area contributed by atoms with Crippen molar-refractivity contribution in [1.29, 1.82) is 0 Å². The monoisotopic (exact) mass is 357 g/mol. The Labute approximate surface area is 149 Å². The van der Waals surface area contributed by atoms with Crippen LogP contribution in [0.5, 0.6) is 5.75 Å². The summed E-state index contributed by atoms with van der Waals surface area (Å²) in [6.45, 7) is 2.86. The Balaban J connectivity index is 1.44. The SMILES string of the molecule is CCOc1ccc(C(=O)CCC(=O)NCc2cn3ccsc3n2)cc1. The molecule has 0 bridgehead atoms. The zero-order valence-corrected chi connectivity index (χ0v) is 14.7. The highest BCUT2D eigenvalue weighted by Crippen LogP contribution is 2.14. The number of ether oxygens (including phenoxy) is 1. The Morgan fingerprint density at radius 1 is 1.24 bits per heavy atom. The second-order valence-electron chi connectivity index (χ2n) is 5.48. The number of nitrogens with zero attached hydrogens (tertiary/aromatic N) is 2. The summed E-state index contributed by atoms with van der Waals surface area (Å²) in [6.07, 6.45) is 4.15. The number of thiazole rings is 1. The van der Waals surface area contributed by atoms with E-state index in [9.17, 15) is 9.59 Å². The lowest BCUT2D eigenvalue weighted by atomic mass is 10.1. The molecule has 1 amide bonds. The summed E-state index contributed by atoms with van der Waals surface area (Å²) in [6, 6.07) is 6.98. The number of benzene rings is 1. The molecule has 1 N–H and O–H groups in total. The average molecular weight is 357 g/mol. The molecular weight excluding hydrogens is 338 g/mol. The first-order chi connectivity index (χ1) is 12.2. The number of fused-ring (bicyclic) bond motifs is 1. The fourth-order valence-corrected chi connectivity index (χ4v) is 3.13. The molecule has 7 heteroatoms. The van der Waals surface area contributed by atoms with Crippen LogP contribution >= 0.6 is 11.3 Å². The van der Waals surface area contributed by atoms with Crippen LogP contribution in [-0.2, 0) is 11.3 Å². The second-order valence-corrected chi connectivity index (χ2v) is 6.36. The maximum Gasteiger partial charge on any atom is 0.220 e. The number of carbonyl (C=O) groups is 2. The van der Waals surface area contributed by atoms with Crippen molar-refractivity contribution >= 4 is 28.0 Å². The molecule has 0 aliphatic carbocycles. The lowest BCUT2D eigenvalue weighted by Gasteiger charge is -2.05. The van der Waals surface area contributed by atoms with Crippen LogP contribution in [-0.4, -0.2) is 27.7 Å². The molecule has 6 nitrogen and oxygen atoms in total. The molecule has 130 valence electrons. The maximum absolute atomic E-state index is 12.1. The lowest BCUT2D eigenvalue weighted by molar-refractivity contribution is -0.121. The summed E-state index contributed by atoms with van der Waals surface area (Å²) >= 11 is 1.54. The molecule has 3 rings (SSSR count). The van der Waals surface area contributed by atoms with Crippen molar-refractivity contribution in [3.8, 4) is 5.75 Å². The molecular formula is C18H19N3O3S. The van der Waals surface area contributed by atoms with E-state index in [1.54, 1.807) is 35.6 Å². The molecule has 0 spiro atoms. The zero-order chi connectivity index (χ0) is 17.6. The Morgan fingerprint density at radius 2 is 2.04 bits per heavy atom. The standard InChI is InChI=1S/C18H19N3O3S/c1-2-24-15-5-3-13(4-6-15)16(22)7-8-17(23)19-11-14-12-21-9-10-25-18(21)20-14/h3-6,9-10,12H,2,7-8,11H2,1H3,(H,19,23). The number of aromatic nitrogens is 2. The van der Waals surface area contributed by atoms with E-state index in [4.69, 9.17) is 4.74 Å². The third-order valence-corrected chi connectivity index (χ3v) is 4.45. The predicted molar refractivity (Wildman–Crippen MR) is 96.1 cm³/mol.